The number of ether oxygens (including phenoxy) is 1. The topological polar surface area (TPSA) is 67.7 Å². The van der Waals surface area contributed by atoms with Crippen LogP contribution in [-0.4, -0.2) is 46.5 Å². The second-order valence-electron chi connectivity index (χ2n) is 7.74. The first-order chi connectivity index (χ1) is 15.0. The molecular weight excluding hydrogens is 392 g/mol. The predicted molar refractivity (Wildman–Crippen MR) is 120 cm³/mol. The Morgan fingerprint density at radius 3 is 2.68 bits per heavy atom. The van der Waals surface area contributed by atoms with Crippen LogP contribution in [0.3, 0.4) is 0 Å². The van der Waals surface area contributed by atoms with Crippen molar-refractivity contribution < 1.29 is 9.53 Å². The first-order valence-corrected chi connectivity index (χ1v) is 10.4. The number of aromatic nitrogens is 2. The van der Waals surface area contributed by atoms with Crippen molar-refractivity contribution in [3.63, 3.8) is 0 Å². The molecule has 2 aromatic heterocycles. The fourth-order valence-corrected chi connectivity index (χ4v) is 3.74. The van der Waals surface area contributed by atoms with E-state index in [9.17, 15) is 9.59 Å². The third-order valence-electron chi connectivity index (χ3n) is 5.68. The Bertz CT molecular complexity index is 1100. The van der Waals surface area contributed by atoms with Crippen molar-refractivity contribution in [2.45, 2.75) is 26.0 Å². The molecule has 0 unspecified atom stereocenters. The van der Waals surface area contributed by atoms with Crippen LogP contribution < -0.4 is 15.2 Å². The van der Waals surface area contributed by atoms with Gasteiger partial charge in [-0.25, -0.2) is 4.98 Å². The highest BCUT2D eigenvalue weighted by molar-refractivity contribution is 5.73. The average Bonchev–Trinajstić information content (AvgIpc) is 3.28. The molecule has 160 valence electrons. The lowest BCUT2D eigenvalue weighted by atomic mass is 10.2. The molecule has 1 aliphatic heterocycles. The molecule has 1 atom stereocenters. The van der Waals surface area contributed by atoms with E-state index in [1.54, 1.807) is 34.9 Å². The van der Waals surface area contributed by atoms with Crippen LogP contribution in [0.5, 0.6) is 5.75 Å². The summed E-state index contributed by atoms with van der Waals surface area (Å²) in [5.74, 6) is 1.46. The van der Waals surface area contributed by atoms with Crippen LogP contribution in [0, 0.1) is 0 Å². The summed E-state index contributed by atoms with van der Waals surface area (Å²) >= 11 is 0. The number of pyridine rings is 2. The van der Waals surface area contributed by atoms with Crippen LogP contribution in [0.4, 0.5) is 5.82 Å². The van der Waals surface area contributed by atoms with Gasteiger partial charge in [-0.15, -0.1) is 0 Å². The summed E-state index contributed by atoms with van der Waals surface area (Å²) < 4.78 is 7.28. The molecule has 0 bridgehead atoms. The van der Waals surface area contributed by atoms with Crippen LogP contribution >= 0.6 is 0 Å². The summed E-state index contributed by atoms with van der Waals surface area (Å²) in [7, 11) is 1.84. The molecule has 1 saturated heterocycles. The van der Waals surface area contributed by atoms with Gasteiger partial charge < -0.3 is 14.5 Å². The van der Waals surface area contributed by atoms with Gasteiger partial charge in [0.1, 0.15) is 18.2 Å². The Labute approximate surface area is 181 Å². The van der Waals surface area contributed by atoms with E-state index in [1.807, 2.05) is 49.5 Å². The van der Waals surface area contributed by atoms with Crippen molar-refractivity contribution >= 4 is 11.7 Å². The maximum Gasteiger partial charge on any atom is 0.258 e. The molecule has 1 aromatic carbocycles. The predicted octanol–water partition coefficient (Wildman–Crippen LogP) is 2.87. The highest BCUT2D eigenvalue weighted by Gasteiger charge is 2.27. The standard InChI is InChI=1S/C24H26N4O3/c1-18(29)26(2)21-10-12-27(16-21)23-9-8-20(15-25-23)28-13-11-22(14-24(28)30)31-17-19-6-4-3-5-7-19/h3-9,11,13-15,21H,10,12,16-17H2,1-2H3/t21-/m1/s1. The van der Waals surface area contributed by atoms with Crippen LogP contribution in [0.2, 0.25) is 0 Å². The molecule has 1 amide bonds. The van der Waals surface area contributed by atoms with E-state index in [4.69, 9.17) is 4.74 Å². The SMILES string of the molecule is CC(=O)N(C)[C@@H]1CCN(c2ccc(-n3ccc(OCc4ccccc4)cc3=O)cn2)C1. The van der Waals surface area contributed by atoms with Crippen LogP contribution in [0.1, 0.15) is 18.9 Å². The molecular formula is C24H26N4O3. The van der Waals surface area contributed by atoms with Gasteiger partial charge in [-0.2, -0.15) is 0 Å². The monoisotopic (exact) mass is 418 g/mol. The molecule has 0 N–H and O–H groups in total. The number of likely N-dealkylation sites (N-methyl/N-ethyl adjacent to an activating group) is 1. The summed E-state index contributed by atoms with van der Waals surface area (Å²) in [6.45, 7) is 3.61. The zero-order chi connectivity index (χ0) is 21.8. The van der Waals surface area contributed by atoms with Gasteiger partial charge in [0, 0.05) is 39.3 Å². The summed E-state index contributed by atoms with van der Waals surface area (Å²) in [6.07, 6.45) is 4.32. The van der Waals surface area contributed by atoms with E-state index in [0.717, 1.165) is 30.9 Å². The molecule has 0 spiro atoms. The molecule has 3 aromatic rings. The van der Waals surface area contributed by atoms with Gasteiger partial charge >= 0.3 is 0 Å². The highest BCUT2D eigenvalue weighted by atomic mass is 16.5. The number of nitrogens with zero attached hydrogens (tertiary/aromatic N) is 4. The quantitative estimate of drug-likeness (QED) is 0.616. The minimum atomic E-state index is -0.176. The van der Waals surface area contributed by atoms with Crippen molar-refractivity contribution in [3.8, 4) is 11.4 Å². The number of benzene rings is 1. The number of hydrogen-bond acceptors (Lipinski definition) is 5. The van der Waals surface area contributed by atoms with Gasteiger partial charge in [-0.05, 0) is 30.2 Å². The molecule has 4 rings (SSSR count). The number of carbonyl (C=O) groups is 1. The molecule has 0 aliphatic carbocycles. The van der Waals surface area contributed by atoms with Crippen LogP contribution in [0.25, 0.3) is 5.69 Å². The molecule has 7 nitrogen and oxygen atoms in total. The fourth-order valence-electron chi connectivity index (χ4n) is 3.74. The summed E-state index contributed by atoms with van der Waals surface area (Å²) in [5, 5.41) is 0. The van der Waals surface area contributed by atoms with Gasteiger partial charge in [-0.1, -0.05) is 30.3 Å². The maximum absolute atomic E-state index is 12.6. The van der Waals surface area contributed by atoms with Crippen molar-refractivity contribution in [1.82, 2.24) is 14.5 Å². The van der Waals surface area contributed by atoms with Gasteiger partial charge in [0.2, 0.25) is 5.91 Å². The molecule has 3 heterocycles. The molecule has 1 fully saturated rings. The van der Waals surface area contributed by atoms with Crippen LogP contribution in [0.15, 0.2) is 71.8 Å². The van der Waals surface area contributed by atoms with Gasteiger partial charge in [0.15, 0.2) is 0 Å². The molecule has 31 heavy (non-hydrogen) atoms. The van der Waals surface area contributed by atoms with E-state index in [-0.39, 0.29) is 17.5 Å². The number of carbonyl (C=O) groups excluding carboxylic acids is 1. The summed E-state index contributed by atoms with van der Waals surface area (Å²) in [4.78, 5) is 32.7. The summed E-state index contributed by atoms with van der Waals surface area (Å²) in [6, 6.07) is 17.1. The minimum Gasteiger partial charge on any atom is -0.489 e. The van der Waals surface area contributed by atoms with E-state index in [0.29, 0.717) is 18.0 Å². The Kier molecular flexibility index (Phi) is 6.02. The van der Waals surface area contributed by atoms with Crippen LogP contribution in [-0.2, 0) is 11.4 Å². The minimum absolute atomic E-state index is 0.0747. The third kappa shape index (κ3) is 4.77. The molecule has 0 saturated carbocycles. The number of amides is 1. The zero-order valence-corrected chi connectivity index (χ0v) is 17.8. The lowest BCUT2D eigenvalue weighted by molar-refractivity contribution is -0.129. The first kappa shape index (κ1) is 20.7. The molecule has 7 heteroatoms. The van der Waals surface area contributed by atoms with E-state index >= 15 is 0 Å². The average molecular weight is 418 g/mol. The highest BCUT2D eigenvalue weighted by Crippen LogP contribution is 2.22. The second-order valence-corrected chi connectivity index (χ2v) is 7.74. The van der Waals surface area contributed by atoms with E-state index in [1.165, 1.54) is 6.07 Å². The Balaban J connectivity index is 1.42. The lowest BCUT2D eigenvalue weighted by Gasteiger charge is -2.24. The third-order valence-corrected chi connectivity index (χ3v) is 5.68. The van der Waals surface area contributed by atoms with Crippen molar-refractivity contribution in [3.05, 3.63) is 82.9 Å². The second kappa shape index (κ2) is 9.04. The number of rotatable bonds is 6. The fraction of sp³-hybridized carbons (Fsp3) is 0.292. The van der Waals surface area contributed by atoms with Gasteiger partial charge in [0.25, 0.3) is 5.56 Å². The smallest absolute Gasteiger partial charge is 0.258 e. The summed E-state index contributed by atoms with van der Waals surface area (Å²) in [5.41, 5.74) is 1.56. The lowest BCUT2D eigenvalue weighted by Crippen LogP contribution is -2.37. The first-order valence-electron chi connectivity index (χ1n) is 10.4. The normalized spacial score (nSPS) is 15.7. The van der Waals surface area contributed by atoms with E-state index in [2.05, 4.69) is 9.88 Å². The number of anilines is 1. The van der Waals surface area contributed by atoms with E-state index < -0.39 is 0 Å². The Morgan fingerprint density at radius 2 is 2.00 bits per heavy atom. The largest absolute Gasteiger partial charge is 0.489 e. The zero-order valence-electron chi connectivity index (χ0n) is 17.8. The Hall–Kier alpha value is -3.61. The maximum atomic E-state index is 12.6. The van der Waals surface area contributed by atoms with Gasteiger partial charge in [0.05, 0.1) is 17.9 Å². The van der Waals surface area contributed by atoms with Crippen molar-refractivity contribution in [1.29, 1.82) is 0 Å². The van der Waals surface area contributed by atoms with Gasteiger partial charge in [-0.3, -0.25) is 14.2 Å². The van der Waals surface area contributed by atoms with Crippen molar-refractivity contribution in [2.75, 3.05) is 25.0 Å². The number of hydrogen-bond donors (Lipinski definition) is 0. The molecule has 1 aliphatic rings. The Morgan fingerprint density at radius 1 is 1.19 bits per heavy atom. The van der Waals surface area contributed by atoms with Crippen molar-refractivity contribution in [2.24, 2.45) is 0 Å². The molecule has 0 radical (unpaired) electrons.